The van der Waals surface area contributed by atoms with Gasteiger partial charge in [0.25, 0.3) is 0 Å². The van der Waals surface area contributed by atoms with Crippen molar-refractivity contribution in [2.45, 2.75) is 38.9 Å². The second kappa shape index (κ2) is 5.93. The van der Waals surface area contributed by atoms with Gasteiger partial charge in [0, 0.05) is 11.1 Å². The van der Waals surface area contributed by atoms with Crippen LogP contribution in [0.15, 0.2) is 18.2 Å². The zero-order valence-electron chi connectivity index (χ0n) is 10.4. The summed E-state index contributed by atoms with van der Waals surface area (Å²) < 4.78 is 37.8. The van der Waals surface area contributed by atoms with Gasteiger partial charge in [-0.1, -0.05) is 25.4 Å². The first-order valence-corrected chi connectivity index (χ1v) is 6.22. The topological polar surface area (TPSA) is 26.0 Å². The lowest BCUT2D eigenvalue weighted by Gasteiger charge is -2.17. The molecule has 0 aliphatic rings. The van der Waals surface area contributed by atoms with Crippen molar-refractivity contribution < 1.29 is 13.2 Å². The minimum atomic E-state index is -4.36. The van der Waals surface area contributed by atoms with Crippen molar-refractivity contribution in [2.24, 2.45) is 11.7 Å². The molecule has 1 nitrogen and oxygen atoms in total. The number of nitrogens with two attached hydrogens (primary N) is 1. The second-order valence-electron chi connectivity index (χ2n) is 4.81. The molecule has 0 aromatic heterocycles. The van der Waals surface area contributed by atoms with E-state index < -0.39 is 17.8 Å². The Morgan fingerprint density at radius 1 is 1.22 bits per heavy atom. The maximum Gasteiger partial charge on any atom is 0.416 e. The van der Waals surface area contributed by atoms with Crippen molar-refractivity contribution in [1.29, 1.82) is 0 Å². The minimum absolute atomic E-state index is 0.291. The van der Waals surface area contributed by atoms with Crippen molar-refractivity contribution in [3.05, 3.63) is 34.3 Å². The molecule has 1 rings (SSSR count). The number of halogens is 4. The van der Waals surface area contributed by atoms with Crippen LogP contribution in [-0.2, 0) is 6.18 Å². The van der Waals surface area contributed by atoms with Gasteiger partial charge in [0.05, 0.1) is 5.56 Å². The number of rotatable bonds is 4. The van der Waals surface area contributed by atoms with Crippen molar-refractivity contribution in [3.8, 4) is 0 Å². The predicted octanol–water partition coefficient (Wildman–Crippen LogP) is 4.79. The highest BCUT2D eigenvalue weighted by molar-refractivity contribution is 6.31. The highest BCUT2D eigenvalue weighted by atomic mass is 35.5. The molecule has 5 heteroatoms. The first-order valence-electron chi connectivity index (χ1n) is 5.84. The molecule has 0 saturated heterocycles. The van der Waals surface area contributed by atoms with Gasteiger partial charge in [0.1, 0.15) is 0 Å². The molecule has 0 fully saturated rings. The summed E-state index contributed by atoms with van der Waals surface area (Å²) in [6.45, 7) is 4.08. The lowest BCUT2D eigenvalue weighted by atomic mass is 9.97. The van der Waals surface area contributed by atoms with Gasteiger partial charge in [-0.25, -0.2) is 0 Å². The summed E-state index contributed by atoms with van der Waals surface area (Å²) in [5.41, 5.74) is 5.57. The van der Waals surface area contributed by atoms with E-state index in [9.17, 15) is 13.2 Å². The van der Waals surface area contributed by atoms with Gasteiger partial charge in [0.15, 0.2) is 0 Å². The van der Waals surface area contributed by atoms with Crippen molar-refractivity contribution >= 4 is 11.6 Å². The third kappa shape index (κ3) is 4.18. The Hall–Kier alpha value is -0.740. The maximum atomic E-state index is 12.6. The average Bonchev–Trinajstić information content (AvgIpc) is 2.24. The van der Waals surface area contributed by atoms with Crippen molar-refractivity contribution in [2.75, 3.05) is 0 Å². The third-order valence-electron chi connectivity index (χ3n) is 2.78. The first-order chi connectivity index (χ1) is 8.21. The average molecular weight is 280 g/mol. The largest absolute Gasteiger partial charge is 0.416 e. The van der Waals surface area contributed by atoms with Gasteiger partial charge in [-0.05, 0) is 42.5 Å². The van der Waals surface area contributed by atoms with Crippen LogP contribution >= 0.6 is 11.6 Å². The molecule has 0 aliphatic heterocycles. The van der Waals surface area contributed by atoms with E-state index >= 15 is 0 Å². The van der Waals surface area contributed by atoms with E-state index in [1.807, 2.05) is 13.8 Å². The molecule has 18 heavy (non-hydrogen) atoms. The maximum absolute atomic E-state index is 12.6. The molecule has 1 atom stereocenters. The van der Waals surface area contributed by atoms with Gasteiger partial charge in [-0.2, -0.15) is 13.2 Å². The first kappa shape index (κ1) is 15.3. The van der Waals surface area contributed by atoms with Crippen LogP contribution in [0.5, 0.6) is 0 Å². The Morgan fingerprint density at radius 3 is 2.33 bits per heavy atom. The molecule has 0 radical (unpaired) electrons. The summed E-state index contributed by atoms with van der Waals surface area (Å²) in [5, 5.41) is 0.291. The Kier molecular flexibility index (Phi) is 5.05. The van der Waals surface area contributed by atoms with E-state index in [0.717, 1.165) is 18.6 Å². The zero-order chi connectivity index (χ0) is 13.9. The molecule has 0 heterocycles. The lowest BCUT2D eigenvalue weighted by Crippen LogP contribution is -2.14. The number of alkyl halides is 3. The van der Waals surface area contributed by atoms with Gasteiger partial charge in [-0.3, -0.25) is 0 Å². The summed E-state index contributed by atoms with van der Waals surface area (Å²) in [7, 11) is 0. The molecule has 0 aliphatic carbocycles. The predicted molar refractivity (Wildman–Crippen MR) is 67.5 cm³/mol. The molecule has 102 valence electrons. The van der Waals surface area contributed by atoms with E-state index in [4.69, 9.17) is 17.3 Å². The van der Waals surface area contributed by atoms with Crippen molar-refractivity contribution in [3.63, 3.8) is 0 Å². The van der Waals surface area contributed by atoms with Crippen LogP contribution in [0.25, 0.3) is 0 Å². The molecule has 1 aromatic rings. The summed E-state index contributed by atoms with van der Waals surface area (Å²) in [6.07, 6.45) is -2.89. The number of hydrogen-bond donors (Lipinski definition) is 1. The van der Waals surface area contributed by atoms with Crippen LogP contribution in [0.2, 0.25) is 5.02 Å². The Balaban J connectivity index is 2.93. The fraction of sp³-hybridized carbons (Fsp3) is 0.538. The second-order valence-corrected chi connectivity index (χ2v) is 5.22. The summed E-state index contributed by atoms with van der Waals surface area (Å²) >= 11 is 5.91. The Labute approximate surface area is 110 Å². The summed E-state index contributed by atoms with van der Waals surface area (Å²) in [4.78, 5) is 0. The molecule has 2 N–H and O–H groups in total. The third-order valence-corrected chi connectivity index (χ3v) is 3.12. The summed E-state index contributed by atoms with van der Waals surface area (Å²) in [6, 6.07) is 2.82. The molecule has 1 aromatic carbocycles. The normalized spacial score (nSPS) is 14.0. The van der Waals surface area contributed by atoms with Crippen LogP contribution < -0.4 is 5.73 Å². The zero-order valence-corrected chi connectivity index (χ0v) is 11.1. The Bertz CT molecular complexity index is 402. The quantitative estimate of drug-likeness (QED) is 0.842. The van der Waals surface area contributed by atoms with Gasteiger partial charge >= 0.3 is 6.18 Å². The van der Waals surface area contributed by atoms with Gasteiger partial charge < -0.3 is 5.73 Å². The monoisotopic (exact) mass is 279 g/mol. The molecule has 0 unspecified atom stereocenters. The van der Waals surface area contributed by atoms with Crippen LogP contribution in [0, 0.1) is 5.92 Å². The van der Waals surface area contributed by atoms with E-state index in [1.165, 1.54) is 6.07 Å². The molecule has 0 spiro atoms. The highest BCUT2D eigenvalue weighted by Crippen LogP contribution is 2.34. The van der Waals surface area contributed by atoms with E-state index in [0.29, 0.717) is 22.9 Å². The van der Waals surface area contributed by atoms with E-state index in [2.05, 4.69) is 0 Å². The van der Waals surface area contributed by atoms with E-state index in [-0.39, 0.29) is 0 Å². The standard InChI is InChI=1S/C13H17ClF3N/c1-8(2)3-6-12(18)10-7-9(13(15,16)17)4-5-11(10)14/h4-5,7-8,12H,3,6,18H2,1-2H3/t12-/m1/s1. The molecular formula is C13H17ClF3N. The van der Waals surface area contributed by atoms with Crippen LogP contribution in [0.4, 0.5) is 13.2 Å². The Morgan fingerprint density at radius 2 is 1.83 bits per heavy atom. The molecule has 0 bridgehead atoms. The number of benzene rings is 1. The van der Waals surface area contributed by atoms with Crippen LogP contribution in [0.3, 0.4) is 0 Å². The van der Waals surface area contributed by atoms with Gasteiger partial charge in [-0.15, -0.1) is 0 Å². The fourth-order valence-electron chi connectivity index (χ4n) is 1.67. The minimum Gasteiger partial charge on any atom is -0.324 e. The lowest BCUT2D eigenvalue weighted by molar-refractivity contribution is -0.137. The van der Waals surface area contributed by atoms with Gasteiger partial charge in [0.2, 0.25) is 0 Å². The molecular weight excluding hydrogens is 263 g/mol. The number of hydrogen-bond acceptors (Lipinski definition) is 1. The fourth-order valence-corrected chi connectivity index (χ4v) is 1.93. The van der Waals surface area contributed by atoms with Crippen LogP contribution in [0.1, 0.15) is 43.9 Å². The highest BCUT2D eigenvalue weighted by Gasteiger charge is 2.31. The molecule has 0 saturated carbocycles. The van der Waals surface area contributed by atoms with Crippen LogP contribution in [-0.4, -0.2) is 0 Å². The SMILES string of the molecule is CC(C)CC[C@@H](N)c1cc(C(F)(F)F)ccc1Cl. The summed E-state index contributed by atoms with van der Waals surface area (Å²) in [5.74, 6) is 0.459. The smallest absolute Gasteiger partial charge is 0.324 e. The molecule has 0 amide bonds. The van der Waals surface area contributed by atoms with Crippen molar-refractivity contribution in [1.82, 2.24) is 0 Å². The van der Waals surface area contributed by atoms with E-state index in [1.54, 1.807) is 0 Å².